The Balaban J connectivity index is 0.990. The van der Waals surface area contributed by atoms with Crippen LogP contribution < -0.4 is 27.0 Å². The van der Waals surface area contributed by atoms with Crippen LogP contribution in [0.4, 0.5) is 17.3 Å². The van der Waals surface area contributed by atoms with E-state index in [-0.39, 0.29) is 45.8 Å². The molecule has 3 amide bonds. The molecule has 6 rings (SSSR count). The highest BCUT2D eigenvalue weighted by atomic mass is 35.5. The van der Waals surface area contributed by atoms with Crippen molar-refractivity contribution in [3.05, 3.63) is 70.8 Å². The van der Waals surface area contributed by atoms with Crippen LogP contribution in [-0.4, -0.2) is 75.3 Å². The monoisotopic (exact) mass is 602 g/mol. The molecule has 3 aliphatic rings. The lowest BCUT2D eigenvalue weighted by Gasteiger charge is -2.39. The van der Waals surface area contributed by atoms with Crippen molar-refractivity contribution >= 4 is 52.6 Å². The van der Waals surface area contributed by atoms with E-state index in [0.717, 1.165) is 16.8 Å². The third kappa shape index (κ3) is 5.55. The van der Waals surface area contributed by atoms with Crippen molar-refractivity contribution in [2.24, 2.45) is 4.99 Å². The summed E-state index contributed by atoms with van der Waals surface area (Å²) in [6, 6.07) is 11.6. The molecular weight excluding hydrogens is 572 g/mol. The van der Waals surface area contributed by atoms with Gasteiger partial charge in [-0.15, -0.1) is 0 Å². The summed E-state index contributed by atoms with van der Waals surface area (Å²) in [7, 11) is 0. The van der Waals surface area contributed by atoms with E-state index in [4.69, 9.17) is 23.1 Å². The van der Waals surface area contributed by atoms with Gasteiger partial charge in [0, 0.05) is 44.1 Å². The molecule has 0 radical (unpaired) electrons. The Morgan fingerprint density at radius 3 is 2.65 bits per heavy atom. The quantitative estimate of drug-likeness (QED) is 0.326. The van der Waals surface area contributed by atoms with Crippen LogP contribution in [0.2, 0.25) is 5.15 Å². The van der Waals surface area contributed by atoms with Gasteiger partial charge in [-0.05, 0) is 42.5 Å². The van der Waals surface area contributed by atoms with E-state index >= 15 is 0 Å². The lowest BCUT2D eigenvalue weighted by atomic mass is 9.88. The predicted molar refractivity (Wildman–Crippen MR) is 161 cm³/mol. The van der Waals surface area contributed by atoms with Crippen molar-refractivity contribution in [1.82, 2.24) is 30.5 Å². The molecule has 222 valence electrons. The number of halogens is 1. The number of piperidine rings is 1. The van der Waals surface area contributed by atoms with Crippen LogP contribution in [0.5, 0.6) is 0 Å². The van der Waals surface area contributed by atoms with Crippen molar-refractivity contribution in [2.45, 2.75) is 37.1 Å². The van der Waals surface area contributed by atoms with Gasteiger partial charge in [-0.25, -0.2) is 9.97 Å². The number of para-hydroxylation sites is 1. The van der Waals surface area contributed by atoms with Gasteiger partial charge < -0.3 is 26.6 Å². The van der Waals surface area contributed by atoms with Gasteiger partial charge in [0.25, 0.3) is 5.91 Å². The Morgan fingerprint density at radius 1 is 1.09 bits per heavy atom. The summed E-state index contributed by atoms with van der Waals surface area (Å²) in [6.07, 6.45) is 5.66. The fourth-order valence-corrected chi connectivity index (χ4v) is 6.03. The Bertz CT molecular complexity index is 1610. The van der Waals surface area contributed by atoms with Gasteiger partial charge >= 0.3 is 0 Å². The van der Waals surface area contributed by atoms with E-state index in [1.165, 1.54) is 0 Å². The largest absolute Gasteiger partial charge is 0.382 e. The summed E-state index contributed by atoms with van der Waals surface area (Å²) in [5.74, 6) is -0.814. The maximum absolute atomic E-state index is 13.4. The number of nitrogens with one attached hydrogen (secondary N) is 2. The second-order valence-corrected chi connectivity index (χ2v) is 11.3. The minimum Gasteiger partial charge on any atom is -0.382 e. The number of aliphatic imine (C=N–C) groups is 1. The van der Waals surface area contributed by atoms with E-state index in [0.29, 0.717) is 57.8 Å². The van der Waals surface area contributed by atoms with Crippen LogP contribution in [-0.2, 0) is 9.59 Å². The molecule has 0 saturated carbocycles. The number of benzene rings is 1. The lowest BCUT2D eigenvalue weighted by Crippen LogP contribution is -2.57. The van der Waals surface area contributed by atoms with Gasteiger partial charge in [-0.3, -0.25) is 29.7 Å². The van der Waals surface area contributed by atoms with Crippen molar-refractivity contribution in [1.29, 1.82) is 0 Å². The SMILES string of the molecule is Nc1nc(N)c(C(=O)NC2=NCC3(CCN(C(=O)CCCN4C(=O)C(c5cccnc5)c5ccccc54)CC3)N2)nc1Cl. The first-order valence-corrected chi connectivity index (χ1v) is 14.4. The first-order valence-electron chi connectivity index (χ1n) is 14.1. The van der Waals surface area contributed by atoms with Gasteiger partial charge in [0.2, 0.25) is 11.8 Å². The molecule has 1 unspecified atom stereocenters. The molecule has 2 aromatic heterocycles. The number of carbonyl (C=O) groups is 3. The molecule has 14 heteroatoms. The molecule has 13 nitrogen and oxygen atoms in total. The van der Waals surface area contributed by atoms with Crippen molar-refractivity contribution in [3.8, 4) is 0 Å². The Labute approximate surface area is 252 Å². The van der Waals surface area contributed by atoms with Gasteiger partial charge in [-0.1, -0.05) is 35.9 Å². The highest BCUT2D eigenvalue weighted by Crippen LogP contribution is 2.41. The number of nitrogens with zero attached hydrogens (tertiary/aromatic N) is 6. The average molecular weight is 603 g/mol. The molecular formula is C29H31ClN10O3. The van der Waals surface area contributed by atoms with Crippen LogP contribution in [0, 0.1) is 0 Å². The normalized spacial score (nSPS) is 18.8. The zero-order valence-corrected chi connectivity index (χ0v) is 24.0. The van der Waals surface area contributed by atoms with E-state index in [2.05, 4.69) is 30.6 Å². The number of hydrogen-bond donors (Lipinski definition) is 4. The number of fused-ring (bicyclic) bond motifs is 1. The zero-order chi connectivity index (χ0) is 30.1. The molecule has 43 heavy (non-hydrogen) atoms. The number of amides is 3. The molecule has 0 bridgehead atoms. The van der Waals surface area contributed by atoms with E-state index in [1.807, 2.05) is 41.3 Å². The fraction of sp³-hybridized carbons (Fsp3) is 0.345. The number of nitrogens with two attached hydrogens (primary N) is 2. The Kier molecular flexibility index (Phi) is 7.57. The maximum atomic E-state index is 13.4. The Morgan fingerprint density at radius 2 is 1.88 bits per heavy atom. The molecule has 3 aromatic rings. The summed E-state index contributed by atoms with van der Waals surface area (Å²) in [5, 5.41) is 5.87. The minimum atomic E-state index is -0.603. The lowest BCUT2D eigenvalue weighted by molar-refractivity contribution is -0.133. The molecule has 1 aromatic carbocycles. The van der Waals surface area contributed by atoms with Crippen LogP contribution in [0.3, 0.4) is 0 Å². The number of likely N-dealkylation sites (tertiary alicyclic amines) is 1. The van der Waals surface area contributed by atoms with E-state index in [1.54, 1.807) is 17.3 Å². The second kappa shape index (κ2) is 11.5. The van der Waals surface area contributed by atoms with Gasteiger partial charge in [-0.2, -0.15) is 0 Å². The Hall–Kier alpha value is -4.78. The third-order valence-electron chi connectivity index (χ3n) is 8.19. The van der Waals surface area contributed by atoms with Gasteiger partial charge in [0.1, 0.15) is 0 Å². The number of nitrogen functional groups attached to an aromatic ring is 2. The smallest absolute Gasteiger partial charge is 0.280 e. The highest BCUT2D eigenvalue weighted by Gasteiger charge is 2.41. The summed E-state index contributed by atoms with van der Waals surface area (Å²) in [6.45, 7) is 2.04. The summed E-state index contributed by atoms with van der Waals surface area (Å²) < 4.78 is 0. The number of hydrogen-bond acceptors (Lipinski definition) is 10. The van der Waals surface area contributed by atoms with Gasteiger partial charge in [0.05, 0.1) is 18.0 Å². The standard InChI is InChI=1S/C29H31ClN10O3/c30-23-25(32)36-24(31)22(35-23)26(42)37-28-34-16-29(38-28)9-13-39(14-10-29)20(41)8-4-12-40-19-7-2-1-6-18(19)21(27(40)43)17-5-3-11-33-15-17/h1-3,5-7,11,15,21H,4,8-10,12-14,16H2,(H4,31,32,36)(H2,34,37,38,42). The molecule has 1 saturated heterocycles. The molecule has 6 N–H and O–H groups in total. The first-order chi connectivity index (χ1) is 20.7. The average Bonchev–Trinajstić information content (AvgIpc) is 3.52. The van der Waals surface area contributed by atoms with Crippen LogP contribution >= 0.6 is 11.6 Å². The maximum Gasteiger partial charge on any atom is 0.280 e. The molecule has 3 aliphatic heterocycles. The second-order valence-electron chi connectivity index (χ2n) is 10.9. The van der Waals surface area contributed by atoms with Crippen molar-refractivity contribution < 1.29 is 14.4 Å². The third-order valence-corrected chi connectivity index (χ3v) is 8.47. The van der Waals surface area contributed by atoms with E-state index < -0.39 is 5.91 Å². The predicted octanol–water partition coefficient (Wildman–Crippen LogP) is 1.70. The molecule has 1 spiro atoms. The number of anilines is 3. The van der Waals surface area contributed by atoms with Crippen LogP contribution in [0.1, 0.15) is 53.2 Å². The van der Waals surface area contributed by atoms with Gasteiger partial charge in [0.15, 0.2) is 28.4 Å². The summed E-state index contributed by atoms with van der Waals surface area (Å²) in [4.78, 5) is 59.3. The summed E-state index contributed by atoms with van der Waals surface area (Å²) in [5.41, 5.74) is 13.6. The zero-order valence-electron chi connectivity index (χ0n) is 23.3. The molecule has 1 fully saturated rings. The van der Waals surface area contributed by atoms with Crippen LogP contribution in [0.15, 0.2) is 53.8 Å². The topological polar surface area (TPSA) is 185 Å². The highest BCUT2D eigenvalue weighted by molar-refractivity contribution is 6.31. The fourth-order valence-electron chi connectivity index (χ4n) is 5.91. The van der Waals surface area contributed by atoms with Crippen molar-refractivity contribution in [3.63, 3.8) is 0 Å². The number of carbonyl (C=O) groups excluding carboxylic acids is 3. The molecule has 0 aliphatic carbocycles. The number of rotatable bonds is 6. The number of pyridine rings is 1. The van der Waals surface area contributed by atoms with E-state index in [9.17, 15) is 14.4 Å². The first kappa shape index (κ1) is 28.3. The van der Waals surface area contributed by atoms with Crippen LogP contribution in [0.25, 0.3) is 0 Å². The molecule has 5 heterocycles. The molecule has 1 atom stereocenters. The number of aromatic nitrogens is 3. The summed E-state index contributed by atoms with van der Waals surface area (Å²) >= 11 is 5.89. The minimum absolute atomic E-state index is 0.00555. The number of guanidine groups is 1. The van der Waals surface area contributed by atoms with Crippen molar-refractivity contribution in [2.75, 3.05) is 42.5 Å².